The molecule has 0 saturated carbocycles. The Balaban J connectivity index is 0.000001000. The SMILES string of the molecule is CCOCCN1CCCC1.Cl. The van der Waals surface area contributed by atoms with E-state index in [2.05, 4.69) is 4.90 Å². The maximum atomic E-state index is 5.25. The first kappa shape index (κ1) is 11.2. The molecule has 1 heterocycles. The van der Waals surface area contributed by atoms with E-state index in [4.69, 9.17) is 4.74 Å². The van der Waals surface area contributed by atoms with Gasteiger partial charge in [-0.2, -0.15) is 0 Å². The topological polar surface area (TPSA) is 12.5 Å². The lowest BCUT2D eigenvalue weighted by molar-refractivity contribution is 0.122. The summed E-state index contributed by atoms with van der Waals surface area (Å²) in [7, 11) is 0. The summed E-state index contributed by atoms with van der Waals surface area (Å²) in [5.74, 6) is 0. The van der Waals surface area contributed by atoms with Gasteiger partial charge in [0.05, 0.1) is 6.61 Å². The zero-order valence-electron chi connectivity index (χ0n) is 7.21. The van der Waals surface area contributed by atoms with Gasteiger partial charge in [-0.05, 0) is 32.9 Å². The van der Waals surface area contributed by atoms with Gasteiger partial charge in [-0.1, -0.05) is 0 Å². The highest BCUT2D eigenvalue weighted by Gasteiger charge is 2.09. The fourth-order valence-corrected chi connectivity index (χ4v) is 1.34. The van der Waals surface area contributed by atoms with Crippen LogP contribution in [0.5, 0.6) is 0 Å². The zero-order valence-corrected chi connectivity index (χ0v) is 8.03. The molecule has 1 rings (SSSR count). The van der Waals surface area contributed by atoms with E-state index in [1.54, 1.807) is 0 Å². The van der Waals surface area contributed by atoms with Crippen LogP contribution < -0.4 is 0 Å². The number of hydrogen-bond donors (Lipinski definition) is 0. The van der Waals surface area contributed by atoms with Crippen LogP contribution in [0, 0.1) is 0 Å². The van der Waals surface area contributed by atoms with Gasteiger partial charge in [-0.25, -0.2) is 0 Å². The van der Waals surface area contributed by atoms with Gasteiger partial charge >= 0.3 is 0 Å². The number of rotatable bonds is 4. The minimum atomic E-state index is 0. The number of likely N-dealkylation sites (tertiary alicyclic amines) is 1. The third-order valence-corrected chi connectivity index (χ3v) is 1.95. The Bertz CT molecular complexity index is 84.2. The molecule has 0 amide bonds. The molecule has 0 atom stereocenters. The fourth-order valence-electron chi connectivity index (χ4n) is 1.34. The second kappa shape index (κ2) is 6.89. The van der Waals surface area contributed by atoms with Crippen molar-refractivity contribution in [2.24, 2.45) is 0 Å². The third kappa shape index (κ3) is 4.62. The largest absolute Gasteiger partial charge is 0.380 e. The molecule has 0 aliphatic carbocycles. The van der Waals surface area contributed by atoms with E-state index in [0.29, 0.717) is 0 Å². The summed E-state index contributed by atoms with van der Waals surface area (Å²) < 4.78 is 5.25. The molecule has 0 aromatic heterocycles. The Morgan fingerprint density at radius 2 is 1.91 bits per heavy atom. The first-order chi connectivity index (χ1) is 4.93. The molecule has 1 aliphatic heterocycles. The van der Waals surface area contributed by atoms with Gasteiger partial charge in [0.15, 0.2) is 0 Å². The molecule has 1 fully saturated rings. The normalized spacial score (nSPS) is 18.3. The van der Waals surface area contributed by atoms with Gasteiger partial charge in [0.25, 0.3) is 0 Å². The summed E-state index contributed by atoms with van der Waals surface area (Å²) >= 11 is 0. The average Bonchev–Trinajstić information content (AvgIpc) is 2.41. The van der Waals surface area contributed by atoms with Crippen molar-refractivity contribution in [3.63, 3.8) is 0 Å². The van der Waals surface area contributed by atoms with E-state index in [9.17, 15) is 0 Å². The molecule has 1 aliphatic rings. The van der Waals surface area contributed by atoms with Crippen molar-refractivity contribution in [2.75, 3.05) is 32.8 Å². The maximum Gasteiger partial charge on any atom is 0.0593 e. The molecule has 11 heavy (non-hydrogen) atoms. The third-order valence-electron chi connectivity index (χ3n) is 1.95. The van der Waals surface area contributed by atoms with E-state index in [-0.39, 0.29) is 12.4 Å². The van der Waals surface area contributed by atoms with Crippen molar-refractivity contribution < 1.29 is 4.74 Å². The van der Waals surface area contributed by atoms with Gasteiger partial charge < -0.3 is 9.64 Å². The van der Waals surface area contributed by atoms with Gasteiger partial charge in [-0.15, -0.1) is 12.4 Å². The van der Waals surface area contributed by atoms with Crippen molar-refractivity contribution in [1.29, 1.82) is 0 Å². The summed E-state index contributed by atoms with van der Waals surface area (Å²) in [6.45, 7) is 7.52. The van der Waals surface area contributed by atoms with Crippen LogP contribution >= 0.6 is 12.4 Å². The van der Waals surface area contributed by atoms with Crippen molar-refractivity contribution >= 4 is 12.4 Å². The molecule has 0 aromatic carbocycles. The Kier molecular flexibility index (Phi) is 7.02. The van der Waals surface area contributed by atoms with Gasteiger partial charge in [0.1, 0.15) is 0 Å². The van der Waals surface area contributed by atoms with E-state index in [1.165, 1.54) is 25.9 Å². The van der Waals surface area contributed by atoms with Crippen LogP contribution in [0.1, 0.15) is 19.8 Å². The molecule has 0 unspecified atom stereocenters. The van der Waals surface area contributed by atoms with Crippen LogP contribution in [0.4, 0.5) is 0 Å². The van der Waals surface area contributed by atoms with Crippen molar-refractivity contribution in [1.82, 2.24) is 4.90 Å². The molecule has 1 saturated heterocycles. The molecule has 3 heteroatoms. The molecule has 2 nitrogen and oxygen atoms in total. The summed E-state index contributed by atoms with van der Waals surface area (Å²) in [5.41, 5.74) is 0. The minimum Gasteiger partial charge on any atom is -0.380 e. The van der Waals surface area contributed by atoms with Crippen molar-refractivity contribution in [2.45, 2.75) is 19.8 Å². The first-order valence-corrected chi connectivity index (χ1v) is 4.23. The molecule has 0 N–H and O–H groups in total. The molecular weight excluding hydrogens is 162 g/mol. The smallest absolute Gasteiger partial charge is 0.0593 e. The van der Waals surface area contributed by atoms with Gasteiger partial charge in [-0.3, -0.25) is 0 Å². The summed E-state index contributed by atoms with van der Waals surface area (Å²) in [6, 6.07) is 0. The van der Waals surface area contributed by atoms with Crippen LogP contribution in [0.2, 0.25) is 0 Å². The summed E-state index contributed by atoms with van der Waals surface area (Å²) in [6.07, 6.45) is 2.76. The predicted molar refractivity (Wildman–Crippen MR) is 49.4 cm³/mol. The second-order valence-electron chi connectivity index (χ2n) is 2.75. The molecule has 0 aromatic rings. The standard InChI is InChI=1S/C8H17NO.ClH/c1-2-10-8-7-9-5-3-4-6-9;/h2-8H2,1H3;1H. The summed E-state index contributed by atoms with van der Waals surface area (Å²) in [5, 5.41) is 0. The Morgan fingerprint density at radius 3 is 2.45 bits per heavy atom. The van der Waals surface area contributed by atoms with Crippen LogP contribution in [0.3, 0.4) is 0 Å². The zero-order chi connectivity index (χ0) is 7.23. The monoisotopic (exact) mass is 179 g/mol. The van der Waals surface area contributed by atoms with Crippen LogP contribution in [0.25, 0.3) is 0 Å². The highest BCUT2D eigenvalue weighted by molar-refractivity contribution is 5.85. The van der Waals surface area contributed by atoms with Gasteiger partial charge in [0.2, 0.25) is 0 Å². The van der Waals surface area contributed by atoms with Crippen LogP contribution in [0.15, 0.2) is 0 Å². The quantitative estimate of drug-likeness (QED) is 0.608. The Hall–Kier alpha value is 0.210. The molecular formula is C8H18ClNO. The van der Waals surface area contributed by atoms with E-state index in [1.807, 2.05) is 6.92 Å². The lowest BCUT2D eigenvalue weighted by Crippen LogP contribution is -2.23. The lowest BCUT2D eigenvalue weighted by atomic mass is 10.4. The highest BCUT2D eigenvalue weighted by atomic mass is 35.5. The fraction of sp³-hybridized carbons (Fsp3) is 1.00. The molecule has 0 spiro atoms. The van der Waals surface area contributed by atoms with Crippen molar-refractivity contribution in [3.8, 4) is 0 Å². The first-order valence-electron chi connectivity index (χ1n) is 4.23. The number of nitrogens with zero attached hydrogens (tertiary/aromatic N) is 1. The molecule has 68 valence electrons. The number of hydrogen-bond acceptors (Lipinski definition) is 2. The number of halogens is 1. The lowest BCUT2D eigenvalue weighted by Gasteiger charge is -2.13. The van der Waals surface area contributed by atoms with Crippen LogP contribution in [-0.4, -0.2) is 37.7 Å². The minimum absolute atomic E-state index is 0. The predicted octanol–water partition coefficient (Wildman–Crippen LogP) is 1.54. The molecule has 0 radical (unpaired) electrons. The Morgan fingerprint density at radius 1 is 1.27 bits per heavy atom. The maximum absolute atomic E-state index is 5.25. The Labute approximate surface area is 75.3 Å². The second-order valence-corrected chi connectivity index (χ2v) is 2.75. The van der Waals surface area contributed by atoms with E-state index in [0.717, 1.165) is 19.8 Å². The average molecular weight is 180 g/mol. The van der Waals surface area contributed by atoms with Crippen molar-refractivity contribution in [3.05, 3.63) is 0 Å². The summed E-state index contributed by atoms with van der Waals surface area (Å²) in [4.78, 5) is 2.47. The van der Waals surface area contributed by atoms with Gasteiger partial charge in [0, 0.05) is 13.2 Å². The highest BCUT2D eigenvalue weighted by Crippen LogP contribution is 2.05. The number of ether oxygens (including phenoxy) is 1. The van der Waals surface area contributed by atoms with E-state index >= 15 is 0 Å². The van der Waals surface area contributed by atoms with Crippen LogP contribution in [-0.2, 0) is 4.74 Å². The molecule has 0 bridgehead atoms. The van der Waals surface area contributed by atoms with E-state index < -0.39 is 0 Å².